The molecule has 0 N–H and O–H groups in total. The van der Waals surface area contributed by atoms with E-state index in [0.717, 1.165) is 44.6 Å². The molecule has 0 saturated carbocycles. The Bertz CT molecular complexity index is 2510. The van der Waals surface area contributed by atoms with Crippen molar-refractivity contribution in [3.8, 4) is 22.3 Å². The van der Waals surface area contributed by atoms with Crippen molar-refractivity contribution in [3.63, 3.8) is 0 Å². The summed E-state index contributed by atoms with van der Waals surface area (Å²) in [4.78, 5) is 2.34. The highest BCUT2D eigenvalue weighted by molar-refractivity contribution is 6.25. The minimum absolute atomic E-state index is 0.869. The molecule has 0 amide bonds. The average Bonchev–Trinajstić information content (AvgIpc) is 3.53. The Morgan fingerprint density at radius 1 is 0.391 bits per heavy atom. The van der Waals surface area contributed by atoms with E-state index in [1.54, 1.807) is 0 Å². The lowest BCUT2D eigenvalue weighted by Gasteiger charge is -2.26. The molecule has 2 heteroatoms. The maximum absolute atomic E-state index is 6.92. The molecule has 8 aromatic carbocycles. The van der Waals surface area contributed by atoms with Gasteiger partial charge in [-0.1, -0.05) is 140 Å². The molecule has 9 aromatic rings. The molecule has 1 heterocycles. The third-order valence-electron chi connectivity index (χ3n) is 9.04. The van der Waals surface area contributed by atoms with Crippen LogP contribution in [0.5, 0.6) is 0 Å². The topological polar surface area (TPSA) is 16.4 Å². The molecule has 0 aliphatic rings. The first-order valence-corrected chi connectivity index (χ1v) is 15.7. The second-order valence-electron chi connectivity index (χ2n) is 11.7. The summed E-state index contributed by atoms with van der Waals surface area (Å²) in [7, 11) is 0. The summed E-state index contributed by atoms with van der Waals surface area (Å²) in [5.74, 6) is 0. The maximum atomic E-state index is 6.92. The Morgan fingerprint density at radius 2 is 1.00 bits per heavy atom. The zero-order valence-electron chi connectivity index (χ0n) is 25.1. The highest BCUT2D eigenvalue weighted by Crippen LogP contribution is 2.47. The molecule has 0 saturated heterocycles. The lowest BCUT2D eigenvalue weighted by Crippen LogP contribution is -2.10. The monoisotopic (exact) mass is 587 g/mol. The van der Waals surface area contributed by atoms with Gasteiger partial charge in [-0.25, -0.2) is 0 Å². The smallest absolute Gasteiger partial charge is 0.160 e. The zero-order chi connectivity index (χ0) is 30.5. The average molecular weight is 588 g/mol. The number of fused-ring (bicyclic) bond motifs is 6. The zero-order valence-corrected chi connectivity index (χ0v) is 25.1. The summed E-state index contributed by atoms with van der Waals surface area (Å²) in [6.07, 6.45) is 0. The summed E-state index contributed by atoms with van der Waals surface area (Å²) >= 11 is 0. The van der Waals surface area contributed by atoms with Gasteiger partial charge in [0.1, 0.15) is 5.58 Å². The van der Waals surface area contributed by atoms with Crippen LogP contribution in [0.4, 0.5) is 17.1 Å². The lowest BCUT2D eigenvalue weighted by molar-refractivity contribution is 0.669. The number of hydrogen-bond donors (Lipinski definition) is 0. The van der Waals surface area contributed by atoms with Gasteiger partial charge in [0.15, 0.2) is 5.58 Å². The van der Waals surface area contributed by atoms with Crippen molar-refractivity contribution < 1.29 is 4.42 Å². The van der Waals surface area contributed by atoms with Crippen molar-refractivity contribution in [3.05, 3.63) is 176 Å². The van der Waals surface area contributed by atoms with Crippen LogP contribution in [0.1, 0.15) is 0 Å². The highest BCUT2D eigenvalue weighted by Gasteiger charge is 2.23. The van der Waals surface area contributed by atoms with Crippen LogP contribution in [0.3, 0.4) is 0 Å². The van der Waals surface area contributed by atoms with Gasteiger partial charge in [-0.3, -0.25) is 0 Å². The van der Waals surface area contributed by atoms with Gasteiger partial charge in [0.05, 0.1) is 5.69 Å². The number of hydrogen-bond acceptors (Lipinski definition) is 2. The van der Waals surface area contributed by atoms with Gasteiger partial charge in [-0.05, 0) is 80.2 Å². The molecule has 0 aliphatic heterocycles. The van der Waals surface area contributed by atoms with Gasteiger partial charge in [0.25, 0.3) is 0 Å². The van der Waals surface area contributed by atoms with E-state index in [1.807, 2.05) is 0 Å². The molecule has 216 valence electrons. The largest absolute Gasteiger partial charge is 0.454 e. The number of rotatable bonds is 5. The van der Waals surface area contributed by atoms with Gasteiger partial charge < -0.3 is 9.32 Å². The van der Waals surface area contributed by atoms with E-state index in [9.17, 15) is 0 Å². The van der Waals surface area contributed by atoms with E-state index >= 15 is 0 Å². The highest BCUT2D eigenvalue weighted by atomic mass is 16.3. The first kappa shape index (κ1) is 26.3. The quantitative estimate of drug-likeness (QED) is 0.199. The predicted molar refractivity (Wildman–Crippen MR) is 194 cm³/mol. The van der Waals surface area contributed by atoms with Gasteiger partial charge >= 0.3 is 0 Å². The van der Waals surface area contributed by atoms with E-state index < -0.39 is 0 Å². The Kier molecular flexibility index (Phi) is 6.17. The molecule has 46 heavy (non-hydrogen) atoms. The van der Waals surface area contributed by atoms with E-state index in [-0.39, 0.29) is 0 Å². The predicted octanol–water partition coefficient (Wildman–Crippen LogP) is 12.7. The minimum atomic E-state index is 0.869. The normalized spacial score (nSPS) is 11.5. The molecular weight excluding hydrogens is 558 g/mol. The fourth-order valence-electron chi connectivity index (χ4n) is 6.84. The van der Waals surface area contributed by atoms with Gasteiger partial charge in [-0.2, -0.15) is 0 Å². The molecule has 0 fully saturated rings. The van der Waals surface area contributed by atoms with Crippen LogP contribution in [0.2, 0.25) is 0 Å². The standard InChI is InChI=1S/C44H29NO/c1-3-11-30(12-4-1)32-19-23-36(24-20-32)45(37-25-21-31-13-7-8-17-35(31)29-37)40-27-26-39(33-14-5-2-6-15-33)43-42-38-18-10-9-16-34(38)22-28-41(42)46-44(40)43/h1-29H. The van der Waals surface area contributed by atoms with E-state index in [4.69, 9.17) is 4.42 Å². The van der Waals surface area contributed by atoms with Gasteiger partial charge in [0, 0.05) is 22.1 Å². The van der Waals surface area contributed by atoms with Crippen molar-refractivity contribution in [1.29, 1.82) is 0 Å². The van der Waals surface area contributed by atoms with Gasteiger partial charge in [0.2, 0.25) is 0 Å². The van der Waals surface area contributed by atoms with Crippen molar-refractivity contribution in [1.82, 2.24) is 0 Å². The first-order chi connectivity index (χ1) is 22.8. The molecule has 1 aromatic heterocycles. The van der Waals surface area contributed by atoms with Crippen LogP contribution < -0.4 is 4.90 Å². The SMILES string of the molecule is c1ccc(-c2ccc(N(c3ccc4ccccc4c3)c3ccc(-c4ccccc4)c4c3oc3ccc5ccccc5c34)cc2)cc1. The van der Waals surface area contributed by atoms with Crippen LogP contribution in [0.15, 0.2) is 180 Å². The number of benzene rings is 8. The molecule has 0 radical (unpaired) electrons. The third kappa shape index (κ3) is 4.35. The molecular formula is C44H29NO. The molecule has 0 bridgehead atoms. The van der Waals surface area contributed by atoms with Crippen LogP contribution in [0.25, 0.3) is 65.7 Å². The number of anilines is 3. The summed E-state index contributed by atoms with van der Waals surface area (Å²) in [6, 6.07) is 62.6. The Hall–Kier alpha value is -6.12. The van der Waals surface area contributed by atoms with Crippen molar-refractivity contribution >= 4 is 60.5 Å². The minimum Gasteiger partial charge on any atom is -0.454 e. The molecule has 0 spiro atoms. The van der Waals surface area contributed by atoms with Crippen LogP contribution >= 0.6 is 0 Å². The molecule has 9 rings (SSSR count). The molecule has 0 atom stereocenters. The fourth-order valence-corrected chi connectivity index (χ4v) is 6.84. The summed E-state index contributed by atoms with van der Waals surface area (Å²) in [5, 5.41) is 7.07. The number of furan rings is 1. The first-order valence-electron chi connectivity index (χ1n) is 15.7. The van der Waals surface area contributed by atoms with Crippen molar-refractivity contribution in [2.45, 2.75) is 0 Å². The molecule has 0 aliphatic carbocycles. The van der Waals surface area contributed by atoms with Crippen molar-refractivity contribution in [2.24, 2.45) is 0 Å². The second kappa shape index (κ2) is 10.8. The van der Waals surface area contributed by atoms with Gasteiger partial charge in [-0.15, -0.1) is 0 Å². The Balaban J connectivity index is 1.34. The Labute approximate surface area is 267 Å². The third-order valence-corrected chi connectivity index (χ3v) is 9.04. The van der Waals surface area contributed by atoms with Crippen LogP contribution in [-0.4, -0.2) is 0 Å². The molecule has 2 nitrogen and oxygen atoms in total. The van der Waals surface area contributed by atoms with E-state index in [2.05, 4.69) is 181 Å². The maximum Gasteiger partial charge on any atom is 0.160 e. The number of nitrogens with zero attached hydrogens (tertiary/aromatic N) is 1. The second-order valence-corrected chi connectivity index (χ2v) is 11.7. The van der Waals surface area contributed by atoms with Crippen LogP contribution in [-0.2, 0) is 0 Å². The lowest BCUT2D eigenvalue weighted by atomic mass is 9.95. The summed E-state index contributed by atoms with van der Waals surface area (Å²) in [6.45, 7) is 0. The van der Waals surface area contributed by atoms with Crippen molar-refractivity contribution in [2.75, 3.05) is 4.90 Å². The Morgan fingerprint density at radius 3 is 1.78 bits per heavy atom. The fraction of sp³-hybridized carbons (Fsp3) is 0. The van der Waals surface area contributed by atoms with E-state index in [0.29, 0.717) is 0 Å². The summed E-state index contributed by atoms with van der Waals surface area (Å²) < 4.78 is 6.92. The van der Waals surface area contributed by atoms with Crippen LogP contribution in [0, 0.1) is 0 Å². The van der Waals surface area contributed by atoms with E-state index in [1.165, 1.54) is 38.2 Å². The molecule has 0 unspecified atom stereocenters. The summed E-state index contributed by atoms with van der Waals surface area (Å²) in [5.41, 5.74) is 9.60.